The van der Waals surface area contributed by atoms with Crippen molar-refractivity contribution in [2.45, 2.75) is 26.2 Å². The zero-order valence-electron chi connectivity index (χ0n) is 9.91. The molecule has 1 amide bonds. The molecule has 18 heavy (non-hydrogen) atoms. The number of aromatic nitrogens is 1. The normalized spacial score (nSPS) is 11.4. The summed E-state index contributed by atoms with van der Waals surface area (Å²) < 4.78 is 29.6. The maximum absolute atomic E-state index is 12.1. The Bertz CT molecular complexity index is 578. The van der Waals surface area contributed by atoms with Crippen molar-refractivity contribution >= 4 is 22.7 Å². The number of carbonyl (C=O) groups is 1. The van der Waals surface area contributed by atoms with Crippen molar-refractivity contribution in [1.82, 2.24) is 4.98 Å². The Labute approximate surface area is 102 Å². The molecule has 2 aromatic rings. The molecule has 4 nitrogen and oxygen atoms in total. The number of benzene rings is 1. The van der Waals surface area contributed by atoms with Gasteiger partial charge in [-0.1, -0.05) is 13.8 Å². The lowest BCUT2D eigenvalue weighted by Gasteiger charge is -2.02. The first-order chi connectivity index (χ1) is 8.47. The minimum absolute atomic E-state index is 0.136. The van der Waals surface area contributed by atoms with E-state index in [0.29, 0.717) is 17.0 Å². The number of fused-ring (bicyclic) bond motifs is 1. The smallest absolute Gasteiger partial charge is 0.315 e. The molecular formula is C12H12F2N2O2. The molecule has 0 aliphatic carbocycles. The van der Waals surface area contributed by atoms with Crippen LogP contribution in [0.3, 0.4) is 0 Å². The first-order valence-corrected chi connectivity index (χ1v) is 5.47. The average molecular weight is 254 g/mol. The third-order valence-corrected chi connectivity index (χ3v) is 2.36. The van der Waals surface area contributed by atoms with E-state index in [2.05, 4.69) is 10.3 Å². The van der Waals surface area contributed by atoms with Crippen LogP contribution >= 0.6 is 0 Å². The van der Waals surface area contributed by atoms with Crippen LogP contribution in [0.2, 0.25) is 0 Å². The highest BCUT2D eigenvalue weighted by atomic mass is 19.3. The molecule has 6 heteroatoms. The SMILES string of the molecule is CC(C)c1nc2cc(NC(=O)C(F)F)ccc2o1. The lowest BCUT2D eigenvalue weighted by molar-refractivity contribution is -0.126. The minimum atomic E-state index is -3.04. The molecule has 0 saturated carbocycles. The molecule has 1 aromatic heterocycles. The number of alkyl halides is 2. The van der Waals surface area contributed by atoms with Crippen LogP contribution in [0.1, 0.15) is 25.7 Å². The van der Waals surface area contributed by atoms with E-state index in [9.17, 15) is 13.6 Å². The van der Waals surface area contributed by atoms with Crippen LogP contribution in [0.15, 0.2) is 22.6 Å². The van der Waals surface area contributed by atoms with Crippen molar-refractivity contribution in [2.75, 3.05) is 5.32 Å². The summed E-state index contributed by atoms with van der Waals surface area (Å²) in [6, 6.07) is 4.60. The molecule has 0 aliphatic rings. The topological polar surface area (TPSA) is 55.1 Å². The summed E-state index contributed by atoms with van der Waals surface area (Å²) in [7, 11) is 0. The van der Waals surface area contributed by atoms with Crippen LogP contribution in [0.4, 0.5) is 14.5 Å². The Morgan fingerprint density at radius 1 is 1.39 bits per heavy atom. The Kier molecular flexibility index (Phi) is 3.27. The van der Waals surface area contributed by atoms with E-state index in [1.54, 1.807) is 6.07 Å². The summed E-state index contributed by atoms with van der Waals surface area (Å²) in [6.45, 7) is 3.87. The Balaban J connectivity index is 2.29. The van der Waals surface area contributed by atoms with E-state index in [0.717, 1.165) is 0 Å². The van der Waals surface area contributed by atoms with E-state index < -0.39 is 12.3 Å². The summed E-state index contributed by atoms with van der Waals surface area (Å²) >= 11 is 0. The Morgan fingerprint density at radius 3 is 2.72 bits per heavy atom. The van der Waals surface area contributed by atoms with Gasteiger partial charge in [0.05, 0.1) is 0 Å². The lowest BCUT2D eigenvalue weighted by Crippen LogP contribution is -2.19. The number of amides is 1. The predicted molar refractivity (Wildman–Crippen MR) is 62.7 cm³/mol. The number of hydrogen-bond donors (Lipinski definition) is 1. The molecule has 1 heterocycles. The molecular weight excluding hydrogens is 242 g/mol. The molecule has 96 valence electrons. The number of carbonyl (C=O) groups excluding carboxylic acids is 1. The maximum atomic E-state index is 12.1. The lowest BCUT2D eigenvalue weighted by atomic mass is 10.2. The highest BCUT2D eigenvalue weighted by Gasteiger charge is 2.16. The highest BCUT2D eigenvalue weighted by Crippen LogP contribution is 2.23. The van der Waals surface area contributed by atoms with Crippen LogP contribution < -0.4 is 5.32 Å². The van der Waals surface area contributed by atoms with Crippen molar-refractivity contribution in [2.24, 2.45) is 0 Å². The number of halogens is 2. The molecule has 0 fully saturated rings. The number of hydrogen-bond acceptors (Lipinski definition) is 3. The molecule has 0 spiro atoms. The van der Waals surface area contributed by atoms with E-state index in [1.165, 1.54) is 12.1 Å². The van der Waals surface area contributed by atoms with Crippen molar-refractivity contribution < 1.29 is 18.0 Å². The second-order valence-electron chi connectivity index (χ2n) is 4.18. The first-order valence-electron chi connectivity index (χ1n) is 5.47. The van der Waals surface area contributed by atoms with Gasteiger partial charge in [0.2, 0.25) is 0 Å². The first kappa shape index (κ1) is 12.5. The standard InChI is InChI=1S/C12H12F2N2O2/c1-6(2)12-16-8-5-7(3-4-9(8)18-12)15-11(17)10(13)14/h3-6,10H,1-2H3,(H,15,17). The van der Waals surface area contributed by atoms with Gasteiger partial charge < -0.3 is 9.73 Å². The second-order valence-corrected chi connectivity index (χ2v) is 4.18. The zero-order valence-corrected chi connectivity index (χ0v) is 9.91. The van der Waals surface area contributed by atoms with Gasteiger partial charge in [-0.05, 0) is 18.2 Å². The summed E-state index contributed by atoms with van der Waals surface area (Å²) in [4.78, 5) is 15.1. The Morgan fingerprint density at radius 2 is 2.11 bits per heavy atom. The van der Waals surface area contributed by atoms with Crippen LogP contribution in [0.25, 0.3) is 11.1 Å². The van der Waals surface area contributed by atoms with Gasteiger partial charge in [-0.3, -0.25) is 4.79 Å². The number of rotatable bonds is 3. The largest absolute Gasteiger partial charge is 0.440 e. The van der Waals surface area contributed by atoms with Crippen LogP contribution in [-0.2, 0) is 4.79 Å². The van der Waals surface area contributed by atoms with Crippen LogP contribution in [0.5, 0.6) is 0 Å². The maximum Gasteiger partial charge on any atom is 0.315 e. The van der Waals surface area contributed by atoms with Gasteiger partial charge in [0.1, 0.15) is 5.52 Å². The molecule has 0 bridgehead atoms. The van der Waals surface area contributed by atoms with Gasteiger partial charge in [-0.15, -0.1) is 0 Å². The van der Waals surface area contributed by atoms with Crippen molar-refractivity contribution in [3.8, 4) is 0 Å². The molecule has 0 unspecified atom stereocenters. The van der Waals surface area contributed by atoms with Gasteiger partial charge in [-0.25, -0.2) is 4.98 Å². The fourth-order valence-corrected chi connectivity index (χ4v) is 1.47. The highest BCUT2D eigenvalue weighted by molar-refractivity contribution is 5.94. The second kappa shape index (κ2) is 4.72. The number of oxazole rings is 1. The fourth-order valence-electron chi connectivity index (χ4n) is 1.47. The van der Waals surface area contributed by atoms with Gasteiger partial charge in [0.25, 0.3) is 5.91 Å². The van der Waals surface area contributed by atoms with Crippen LogP contribution in [-0.4, -0.2) is 17.3 Å². The van der Waals surface area contributed by atoms with Gasteiger partial charge in [0, 0.05) is 11.6 Å². The van der Waals surface area contributed by atoms with Crippen LogP contribution in [0, 0.1) is 0 Å². The van der Waals surface area contributed by atoms with Gasteiger partial charge in [-0.2, -0.15) is 8.78 Å². The monoisotopic (exact) mass is 254 g/mol. The molecule has 1 aromatic carbocycles. The zero-order chi connectivity index (χ0) is 13.3. The third kappa shape index (κ3) is 2.47. The Hall–Kier alpha value is -1.98. The summed E-state index contributed by atoms with van der Waals surface area (Å²) in [5.41, 5.74) is 1.37. The quantitative estimate of drug-likeness (QED) is 0.915. The molecule has 0 atom stereocenters. The van der Waals surface area contributed by atoms with E-state index in [4.69, 9.17) is 4.42 Å². The number of nitrogens with one attached hydrogen (secondary N) is 1. The number of nitrogens with zero attached hydrogens (tertiary/aromatic N) is 1. The third-order valence-electron chi connectivity index (χ3n) is 2.36. The van der Waals surface area contributed by atoms with E-state index in [-0.39, 0.29) is 11.6 Å². The van der Waals surface area contributed by atoms with Crippen molar-refractivity contribution in [3.05, 3.63) is 24.1 Å². The van der Waals surface area contributed by atoms with E-state index >= 15 is 0 Å². The predicted octanol–water partition coefficient (Wildman–Crippen LogP) is 3.15. The summed E-state index contributed by atoms with van der Waals surface area (Å²) in [5, 5.41) is 2.10. The average Bonchev–Trinajstić information content (AvgIpc) is 2.71. The van der Waals surface area contributed by atoms with E-state index in [1.807, 2.05) is 13.8 Å². The van der Waals surface area contributed by atoms with Gasteiger partial charge >= 0.3 is 6.43 Å². The number of anilines is 1. The van der Waals surface area contributed by atoms with Crippen molar-refractivity contribution in [1.29, 1.82) is 0 Å². The summed E-state index contributed by atoms with van der Waals surface area (Å²) in [6.07, 6.45) is -3.04. The molecule has 0 aliphatic heterocycles. The fraction of sp³-hybridized carbons (Fsp3) is 0.333. The molecule has 0 radical (unpaired) electrons. The minimum Gasteiger partial charge on any atom is -0.440 e. The molecule has 2 rings (SSSR count). The summed E-state index contributed by atoms with van der Waals surface area (Å²) in [5.74, 6) is -0.624. The molecule has 0 saturated heterocycles. The molecule has 1 N–H and O–H groups in total. The van der Waals surface area contributed by atoms with Crippen molar-refractivity contribution in [3.63, 3.8) is 0 Å². The van der Waals surface area contributed by atoms with Gasteiger partial charge in [0.15, 0.2) is 11.5 Å².